The van der Waals surface area contributed by atoms with Crippen LogP contribution in [0.3, 0.4) is 0 Å². The molecule has 2 aromatic carbocycles. The van der Waals surface area contributed by atoms with Crippen molar-refractivity contribution in [2.24, 2.45) is 5.92 Å². The second-order valence-electron chi connectivity index (χ2n) is 6.63. The van der Waals surface area contributed by atoms with Crippen LogP contribution in [0.4, 0.5) is 5.69 Å². The fraction of sp³-hybridized carbons (Fsp3) is 0.333. The molecule has 150 valence electrons. The number of ether oxygens (including phenoxy) is 3. The van der Waals surface area contributed by atoms with Crippen LogP contribution in [0.15, 0.2) is 36.4 Å². The molecule has 0 aliphatic heterocycles. The first kappa shape index (κ1) is 21.6. The van der Waals surface area contributed by atoms with Crippen LogP contribution in [0.2, 0.25) is 5.02 Å². The van der Waals surface area contributed by atoms with Crippen LogP contribution in [0.1, 0.15) is 29.8 Å². The third kappa shape index (κ3) is 5.89. The molecule has 2 rings (SSSR count). The largest absolute Gasteiger partial charge is 0.493 e. The summed E-state index contributed by atoms with van der Waals surface area (Å²) in [5.74, 6) is -0.124. The highest BCUT2D eigenvalue weighted by atomic mass is 35.5. The lowest BCUT2D eigenvalue weighted by Gasteiger charge is -2.15. The first-order chi connectivity index (χ1) is 13.3. The normalized spacial score (nSPS) is 10.5. The summed E-state index contributed by atoms with van der Waals surface area (Å²) in [6.45, 7) is 5.93. The molecule has 0 aromatic heterocycles. The average molecular weight is 406 g/mol. The number of esters is 1. The zero-order valence-corrected chi connectivity index (χ0v) is 17.1. The molecule has 0 unspecified atom stereocenters. The molecule has 0 saturated heterocycles. The summed E-state index contributed by atoms with van der Waals surface area (Å²) in [5.41, 5.74) is 1.75. The lowest BCUT2D eigenvalue weighted by atomic mass is 10.2. The summed E-state index contributed by atoms with van der Waals surface area (Å²) in [5, 5.41) is 2.93. The highest BCUT2D eigenvalue weighted by Gasteiger charge is 2.18. The van der Waals surface area contributed by atoms with E-state index in [9.17, 15) is 9.59 Å². The van der Waals surface area contributed by atoms with Crippen molar-refractivity contribution >= 4 is 29.2 Å². The van der Waals surface area contributed by atoms with E-state index in [-0.39, 0.29) is 10.6 Å². The van der Waals surface area contributed by atoms with E-state index >= 15 is 0 Å². The molecule has 0 aliphatic rings. The first-order valence-corrected chi connectivity index (χ1v) is 9.22. The van der Waals surface area contributed by atoms with Crippen LogP contribution >= 0.6 is 11.6 Å². The highest BCUT2D eigenvalue weighted by molar-refractivity contribution is 6.32. The number of amides is 1. The summed E-state index contributed by atoms with van der Waals surface area (Å²) in [7, 11) is 1.46. The number of methoxy groups -OCH3 is 1. The zero-order chi connectivity index (χ0) is 20.7. The van der Waals surface area contributed by atoms with E-state index in [0.717, 1.165) is 5.56 Å². The summed E-state index contributed by atoms with van der Waals surface area (Å²) in [6, 6.07) is 10.2. The Hall–Kier alpha value is -2.73. The van der Waals surface area contributed by atoms with Gasteiger partial charge in [-0.25, -0.2) is 4.79 Å². The number of benzene rings is 2. The van der Waals surface area contributed by atoms with Gasteiger partial charge in [0.05, 0.1) is 24.3 Å². The maximum atomic E-state index is 12.3. The van der Waals surface area contributed by atoms with Crippen molar-refractivity contribution in [2.45, 2.75) is 20.8 Å². The average Bonchev–Trinajstić information content (AvgIpc) is 2.66. The number of carbonyl (C=O) groups is 2. The quantitative estimate of drug-likeness (QED) is 0.655. The summed E-state index contributed by atoms with van der Waals surface area (Å²) >= 11 is 6.24. The predicted octanol–water partition coefficient (Wildman–Crippen LogP) is 4.49. The predicted molar refractivity (Wildman–Crippen MR) is 108 cm³/mol. The zero-order valence-electron chi connectivity index (χ0n) is 16.4. The molecule has 0 radical (unpaired) electrons. The minimum absolute atomic E-state index is 0.169. The van der Waals surface area contributed by atoms with Gasteiger partial charge in [0.15, 0.2) is 18.1 Å². The molecule has 0 aliphatic carbocycles. The molecule has 0 spiro atoms. The van der Waals surface area contributed by atoms with E-state index in [1.807, 2.05) is 39.0 Å². The van der Waals surface area contributed by atoms with E-state index in [2.05, 4.69) is 5.32 Å². The number of anilines is 1. The van der Waals surface area contributed by atoms with Crippen LogP contribution in [0.25, 0.3) is 0 Å². The Balaban J connectivity index is 2.02. The van der Waals surface area contributed by atoms with Gasteiger partial charge in [-0.15, -0.1) is 0 Å². The standard InChI is InChI=1S/C21H24ClNO5/c1-13(2)11-27-20-16(22)9-15(10-18(20)26-4)21(25)28-12-19(24)23-17-8-6-5-7-14(17)3/h5-10,13H,11-12H2,1-4H3,(H,23,24). The Morgan fingerprint density at radius 1 is 1.18 bits per heavy atom. The molecule has 0 atom stereocenters. The molecule has 0 saturated carbocycles. The van der Waals surface area contributed by atoms with Gasteiger partial charge in [0.25, 0.3) is 5.91 Å². The number of para-hydroxylation sites is 1. The van der Waals surface area contributed by atoms with Crippen LogP contribution < -0.4 is 14.8 Å². The van der Waals surface area contributed by atoms with Gasteiger partial charge in [0.1, 0.15) is 0 Å². The highest BCUT2D eigenvalue weighted by Crippen LogP contribution is 2.36. The molecular weight excluding hydrogens is 382 g/mol. The van der Waals surface area contributed by atoms with Gasteiger partial charge >= 0.3 is 5.97 Å². The Kier molecular flexibility index (Phi) is 7.70. The van der Waals surface area contributed by atoms with Crippen LogP contribution in [0, 0.1) is 12.8 Å². The monoisotopic (exact) mass is 405 g/mol. The second-order valence-corrected chi connectivity index (χ2v) is 7.04. The summed E-state index contributed by atoms with van der Waals surface area (Å²) < 4.78 is 16.0. The van der Waals surface area contributed by atoms with Gasteiger partial charge in [-0.3, -0.25) is 4.79 Å². The molecule has 6 nitrogen and oxygen atoms in total. The molecule has 0 bridgehead atoms. The van der Waals surface area contributed by atoms with Crippen LogP contribution in [-0.2, 0) is 9.53 Å². The maximum absolute atomic E-state index is 12.3. The number of nitrogens with one attached hydrogen (secondary N) is 1. The van der Waals surface area contributed by atoms with Crippen molar-refractivity contribution in [3.8, 4) is 11.5 Å². The van der Waals surface area contributed by atoms with Gasteiger partial charge in [0.2, 0.25) is 0 Å². The molecule has 2 aromatic rings. The maximum Gasteiger partial charge on any atom is 0.338 e. The molecular formula is C21H24ClNO5. The Bertz CT molecular complexity index is 851. The van der Waals surface area contributed by atoms with Crippen molar-refractivity contribution in [3.63, 3.8) is 0 Å². The van der Waals surface area contributed by atoms with Crippen molar-refractivity contribution in [1.29, 1.82) is 0 Å². The van der Waals surface area contributed by atoms with Gasteiger partial charge in [0, 0.05) is 5.69 Å². The molecule has 1 amide bonds. The lowest BCUT2D eigenvalue weighted by Crippen LogP contribution is -2.21. The fourth-order valence-corrected chi connectivity index (χ4v) is 2.61. The second kappa shape index (κ2) is 9.99. The molecule has 0 fully saturated rings. The van der Waals surface area contributed by atoms with Crippen molar-refractivity contribution in [3.05, 3.63) is 52.5 Å². The van der Waals surface area contributed by atoms with Gasteiger partial charge in [-0.1, -0.05) is 43.6 Å². The number of aryl methyl sites for hydroxylation is 1. The number of halogens is 1. The molecule has 28 heavy (non-hydrogen) atoms. The Morgan fingerprint density at radius 3 is 2.54 bits per heavy atom. The summed E-state index contributed by atoms with van der Waals surface area (Å²) in [4.78, 5) is 24.3. The van der Waals surface area contributed by atoms with E-state index in [1.165, 1.54) is 19.2 Å². The van der Waals surface area contributed by atoms with E-state index in [4.69, 9.17) is 25.8 Å². The number of carbonyl (C=O) groups excluding carboxylic acids is 2. The van der Waals surface area contributed by atoms with Crippen molar-refractivity contribution in [1.82, 2.24) is 0 Å². The van der Waals surface area contributed by atoms with E-state index in [0.29, 0.717) is 29.7 Å². The van der Waals surface area contributed by atoms with Gasteiger partial charge < -0.3 is 19.5 Å². The fourth-order valence-electron chi connectivity index (χ4n) is 2.34. The molecule has 1 N–H and O–H groups in total. The van der Waals surface area contributed by atoms with Crippen LogP contribution in [0.5, 0.6) is 11.5 Å². The van der Waals surface area contributed by atoms with Crippen LogP contribution in [-0.4, -0.2) is 32.2 Å². The minimum atomic E-state index is -0.685. The SMILES string of the molecule is COc1cc(C(=O)OCC(=O)Nc2ccccc2C)cc(Cl)c1OCC(C)C. The lowest BCUT2D eigenvalue weighted by molar-refractivity contribution is -0.119. The topological polar surface area (TPSA) is 73.9 Å². The third-order valence-corrected chi connectivity index (χ3v) is 4.06. The molecule has 7 heteroatoms. The van der Waals surface area contributed by atoms with Crippen molar-refractivity contribution < 1.29 is 23.8 Å². The number of hydrogen-bond donors (Lipinski definition) is 1. The van der Waals surface area contributed by atoms with Crippen molar-refractivity contribution in [2.75, 3.05) is 25.6 Å². The smallest absolute Gasteiger partial charge is 0.338 e. The number of hydrogen-bond acceptors (Lipinski definition) is 5. The minimum Gasteiger partial charge on any atom is -0.493 e. The first-order valence-electron chi connectivity index (χ1n) is 8.84. The number of rotatable bonds is 8. The Labute approximate surface area is 169 Å². The summed E-state index contributed by atoms with van der Waals surface area (Å²) in [6.07, 6.45) is 0. The van der Waals surface area contributed by atoms with Gasteiger partial charge in [-0.05, 0) is 36.6 Å². The Morgan fingerprint density at radius 2 is 1.89 bits per heavy atom. The van der Waals surface area contributed by atoms with Gasteiger partial charge in [-0.2, -0.15) is 0 Å². The molecule has 0 heterocycles. The van der Waals surface area contributed by atoms with E-state index < -0.39 is 18.5 Å². The third-order valence-electron chi connectivity index (χ3n) is 3.78. The van der Waals surface area contributed by atoms with E-state index in [1.54, 1.807) is 6.07 Å².